The average Bonchev–Trinajstić information content (AvgIpc) is 2.57. The van der Waals surface area contributed by atoms with E-state index >= 15 is 0 Å². The monoisotopic (exact) mass is 440 g/mol. The maximum absolute atomic E-state index is 6.78. The van der Waals surface area contributed by atoms with E-state index in [1.165, 1.54) is 25.7 Å². The summed E-state index contributed by atoms with van der Waals surface area (Å²) in [7, 11) is -1.87. The molecular formula is C26H52O3Si. The van der Waals surface area contributed by atoms with Crippen molar-refractivity contribution in [1.29, 1.82) is 0 Å². The first-order valence-electron chi connectivity index (χ1n) is 12.2. The molecule has 0 aromatic rings. The van der Waals surface area contributed by atoms with Crippen molar-refractivity contribution in [3.8, 4) is 0 Å². The highest BCUT2D eigenvalue weighted by Gasteiger charge is 2.39. The van der Waals surface area contributed by atoms with Gasteiger partial charge in [0.1, 0.15) is 0 Å². The lowest BCUT2D eigenvalue weighted by molar-refractivity contribution is -0.192. The van der Waals surface area contributed by atoms with Crippen LogP contribution in [0.3, 0.4) is 0 Å². The lowest BCUT2D eigenvalue weighted by Crippen LogP contribution is -2.45. The second-order valence-electron chi connectivity index (χ2n) is 10.4. The Morgan fingerprint density at radius 1 is 0.833 bits per heavy atom. The number of hydrogen-bond donors (Lipinski definition) is 0. The molecule has 0 N–H and O–H groups in total. The summed E-state index contributed by atoms with van der Waals surface area (Å²) >= 11 is 0. The van der Waals surface area contributed by atoms with Gasteiger partial charge in [-0.1, -0.05) is 64.8 Å². The summed E-state index contributed by atoms with van der Waals surface area (Å²) in [6, 6.07) is 0. The Morgan fingerprint density at radius 3 is 1.90 bits per heavy atom. The van der Waals surface area contributed by atoms with Crippen molar-refractivity contribution in [1.82, 2.24) is 0 Å². The van der Waals surface area contributed by atoms with Gasteiger partial charge in [0.05, 0.1) is 18.3 Å². The first-order chi connectivity index (χ1) is 13.9. The lowest BCUT2D eigenvalue weighted by Gasteiger charge is -2.40. The van der Waals surface area contributed by atoms with Crippen LogP contribution in [0.1, 0.15) is 100 Å². The van der Waals surface area contributed by atoms with Crippen molar-refractivity contribution < 1.29 is 13.9 Å². The quantitative estimate of drug-likeness (QED) is 0.104. The Bertz CT molecular complexity index is 465. The molecule has 0 aliphatic rings. The van der Waals surface area contributed by atoms with Gasteiger partial charge in [0.15, 0.2) is 14.6 Å². The van der Waals surface area contributed by atoms with Crippen LogP contribution in [-0.2, 0) is 13.9 Å². The second-order valence-corrected chi connectivity index (χ2v) is 15.2. The Balaban J connectivity index is 4.99. The SMILES string of the molecule is CCCCC/C=C\C/C=C\C[C@H](CC(OC(C)C)OC(C)C)O[Si](C)(C)C(C)(C)C. The second kappa shape index (κ2) is 15.4. The number of ether oxygens (including phenoxy) is 2. The topological polar surface area (TPSA) is 27.7 Å². The molecule has 0 bridgehead atoms. The number of allylic oxidation sites excluding steroid dienone is 3. The van der Waals surface area contributed by atoms with Crippen molar-refractivity contribution in [3.63, 3.8) is 0 Å². The molecule has 0 heterocycles. The largest absolute Gasteiger partial charge is 0.413 e. The van der Waals surface area contributed by atoms with E-state index in [-0.39, 0.29) is 29.6 Å². The third kappa shape index (κ3) is 14.6. The smallest absolute Gasteiger partial charge is 0.192 e. The Hall–Kier alpha value is -0.423. The van der Waals surface area contributed by atoms with E-state index in [1.54, 1.807) is 0 Å². The summed E-state index contributed by atoms with van der Waals surface area (Å²) in [5, 5.41) is 0.184. The van der Waals surface area contributed by atoms with E-state index in [0.717, 1.165) is 19.3 Å². The molecule has 0 radical (unpaired) electrons. The van der Waals surface area contributed by atoms with Crippen molar-refractivity contribution >= 4 is 8.32 Å². The third-order valence-electron chi connectivity index (χ3n) is 5.55. The zero-order valence-electron chi connectivity index (χ0n) is 21.8. The maximum Gasteiger partial charge on any atom is 0.192 e. The first-order valence-corrected chi connectivity index (χ1v) is 15.1. The van der Waals surface area contributed by atoms with Gasteiger partial charge in [-0.15, -0.1) is 0 Å². The van der Waals surface area contributed by atoms with Crippen molar-refractivity contribution in [3.05, 3.63) is 24.3 Å². The molecule has 4 heteroatoms. The normalized spacial score (nSPS) is 14.8. The summed E-state index contributed by atoms with van der Waals surface area (Å²) in [5.74, 6) is 0. The Kier molecular flexibility index (Phi) is 15.2. The molecule has 3 nitrogen and oxygen atoms in total. The minimum absolute atomic E-state index is 0.109. The fourth-order valence-electron chi connectivity index (χ4n) is 2.90. The summed E-state index contributed by atoms with van der Waals surface area (Å²) in [6.07, 6.45) is 17.0. The Morgan fingerprint density at radius 2 is 1.40 bits per heavy atom. The van der Waals surface area contributed by atoms with E-state index in [0.29, 0.717) is 0 Å². The van der Waals surface area contributed by atoms with Crippen LogP contribution in [-0.4, -0.2) is 32.9 Å². The molecule has 0 aromatic heterocycles. The first kappa shape index (κ1) is 29.6. The van der Waals surface area contributed by atoms with Gasteiger partial charge >= 0.3 is 0 Å². The molecule has 0 unspecified atom stereocenters. The number of hydrogen-bond acceptors (Lipinski definition) is 3. The van der Waals surface area contributed by atoms with Gasteiger partial charge < -0.3 is 13.9 Å². The molecule has 1 atom stereocenters. The molecule has 0 spiro atoms. The van der Waals surface area contributed by atoms with Gasteiger partial charge in [0.2, 0.25) is 0 Å². The standard InChI is InChI=1S/C26H52O3Si/c1-11-12-13-14-15-16-17-18-19-20-24(29-30(9,10)26(6,7)8)21-25(27-22(2)3)28-23(4)5/h15-16,18-19,22-25H,11-14,17,20-21H2,1-10H3/b16-15-,19-18-/t24-/m1/s1. The van der Waals surface area contributed by atoms with Crippen molar-refractivity contribution in [2.45, 2.75) is 143 Å². The van der Waals surface area contributed by atoms with Gasteiger partial charge in [-0.05, 0) is 71.5 Å². The zero-order valence-corrected chi connectivity index (χ0v) is 22.8. The summed E-state index contributed by atoms with van der Waals surface area (Å²) in [5.41, 5.74) is 0. The van der Waals surface area contributed by atoms with E-state index in [2.05, 4.69) is 92.8 Å². The third-order valence-corrected chi connectivity index (χ3v) is 10.1. The summed E-state index contributed by atoms with van der Waals surface area (Å²) < 4.78 is 18.9. The predicted molar refractivity (Wildman–Crippen MR) is 135 cm³/mol. The summed E-state index contributed by atoms with van der Waals surface area (Å²) in [4.78, 5) is 0. The predicted octanol–water partition coefficient (Wildman–Crippen LogP) is 8.42. The number of unbranched alkanes of at least 4 members (excludes halogenated alkanes) is 3. The minimum atomic E-state index is -1.87. The van der Waals surface area contributed by atoms with Crippen LogP contribution in [0.15, 0.2) is 24.3 Å². The van der Waals surface area contributed by atoms with Crippen LogP contribution >= 0.6 is 0 Å². The number of rotatable bonds is 16. The molecular weight excluding hydrogens is 388 g/mol. The Labute approximate surface area is 189 Å². The van der Waals surface area contributed by atoms with Gasteiger partial charge in [-0.2, -0.15) is 0 Å². The molecule has 0 rings (SSSR count). The molecule has 0 saturated heterocycles. The average molecular weight is 441 g/mol. The molecule has 178 valence electrons. The van der Waals surface area contributed by atoms with Crippen LogP contribution in [0.4, 0.5) is 0 Å². The minimum Gasteiger partial charge on any atom is -0.413 e. The van der Waals surface area contributed by atoms with Crippen molar-refractivity contribution in [2.75, 3.05) is 0 Å². The van der Waals surface area contributed by atoms with Gasteiger partial charge in [-0.25, -0.2) is 0 Å². The highest BCUT2D eigenvalue weighted by Crippen LogP contribution is 2.38. The fraction of sp³-hybridized carbons (Fsp3) is 0.846. The zero-order chi connectivity index (χ0) is 23.2. The fourth-order valence-corrected chi connectivity index (χ4v) is 4.28. The van der Waals surface area contributed by atoms with E-state index in [1.807, 2.05) is 0 Å². The maximum atomic E-state index is 6.78. The summed E-state index contributed by atoms with van der Waals surface area (Å²) in [6.45, 7) is 22.0. The van der Waals surface area contributed by atoms with Crippen LogP contribution in [0.5, 0.6) is 0 Å². The van der Waals surface area contributed by atoms with Gasteiger partial charge in [0, 0.05) is 6.42 Å². The van der Waals surface area contributed by atoms with E-state index in [4.69, 9.17) is 13.9 Å². The van der Waals surface area contributed by atoms with Crippen molar-refractivity contribution in [2.24, 2.45) is 0 Å². The van der Waals surface area contributed by atoms with Crippen LogP contribution in [0, 0.1) is 0 Å². The van der Waals surface area contributed by atoms with Crippen LogP contribution < -0.4 is 0 Å². The highest BCUT2D eigenvalue weighted by molar-refractivity contribution is 6.74. The molecule has 0 aromatic carbocycles. The molecule has 0 fully saturated rings. The highest BCUT2D eigenvalue weighted by atomic mass is 28.4. The molecule has 0 amide bonds. The molecule has 0 aliphatic heterocycles. The lowest BCUT2D eigenvalue weighted by atomic mass is 10.1. The molecule has 0 aliphatic carbocycles. The van der Waals surface area contributed by atoms with Crippen LogP contribution in [0.25, 0.3) is 0 Å². The van der Waals surface area contributed by atoms with Crippen LogP contribution in [0.2, 0.25) is 18.1 Å². The van der Waals surface area contributed by atoms with E-state index < -0.39 is 8.32 Å². The van der Waals surface area contributed by atoms with E-state index in [9.17, 15) is 0 Å². The molecule has 30 heavy (non-hydrogen) atoms. The van der Waals surface area contributed by atoms with Gasteiger partial charge in [-0.3, -0.25) is 0 Å². The van der Waals surface area contributed by atoms with Gasteiger partial charge in [0.25, 0.3) is 0 Å². The molecule has 0 saturated carbocycles.